The lowest BCUT2D eigenvalue weighted by Crippen LogP contribution is -2.42. The minimum atomic E-state index is -4.12. The minimum absolute atomic E-state index is 0.00409. The number of sulfonamides is 1. The second kappa shape index (κ2) is 7.05. The highest BCUT2D eigenvalue weighted by atomic mass is 32.2. The summed E-state index contributed by atoms with van der Waals surface area (Å²) >= 11 is 0. The standard InChI is InChI=1S/C16H14N2O4S/c17-11-13-8-4-5-9-15(13)23(21,22)18-14(16(19)20)10-12-6-2-1-3-7-12/h1-9,14,18H,10H2,(H,19,20). The van der Waals surface area contributed by atoms with Crippen LogP contribution in [0, 0.1) is 11.3 Å². The van der Waals surface area contributed by atoms with E-state index in [0.717, 1.165) is 0 Å². The first kappa shape index (κ1) is 16.7. The molecule has 1 unspecified atom stereocenters. The third kappa shape index (κ3) is 4.16. The molecule has 2 rings (SSSR count). The number of nitriles is 1. The van der Waals surface area contributed by atoms with Gasteiger partial charge in [0.1, 0.15) is 12.1 Å². The molecule has 0 spiro atoms. The van der Waals surface area contributed by atoms with Crippen molar-refractivity contribution in [2.45, 2.75) is 17.4 Å². The summed E-state index contributed by atoms with van der Waals surface area (Å²) in [6.07, 6.45) is 0.00409. The van der Waals surface area contributed by atoms with Crippen LogP contribution in [-0.2, 0) is 21.2 Å². The molecule has 0 aliphatic rings. The topological polar surface area (TPSA) is 107 Å². The van der Waals surface area contributed by atoms with Gasteiger partial charge < -0.3 is 5.11 Å². The van der Waals surface area contributed by atoms with Gasteiger partial charge in [-0.25, -0.2) is 8.42 Å². The Hall–Kier alpha value is -2.69. The molecule has 0 heterocycles. The van der Waals surface area contributed by atoms with Gasteiger partial charge in [0.05, 0.1) is 10.5 Å². The molecular formula is C16H14N2O4S. The van der Waals surface area contributed by atoms with Gasteiger partial charge in [0.15, 0.2) is 0 Å². The van der Waals surface area contributed by atoms with Gasteiger partial charge in [0.2, 0.25) is 10.0 Å². The van der Waals surface area contributed by atoms with E-state index in [1.165, 1.54) is 24.3 Å². The normalized spacial score (nSPS) is 12.3. The molecule has 1 atom stereocenters. The number of nitrogens with one attached hydrogen (secondary N) is 1. The number of nitrogens with zero attached hydrogens (tertiary/aromatic N) is 1. The zero-order chi connectivity index (χ0) is 16.9. The monoisotopic (exact) mass is 330 g/mol. The maximum Gasteiger partial charge on any atom is 0.322 e. The van der Waals surface area contributed by atoms with Crippen LogP contribution in [-0.4, -0.2) is 25.5 Å². The zero-order valence-corrected chi connectivity index (χ0v) is 12.8. The third-order valence-corrected chi connectivity index (χ3v) is 4.71. The summed E-state index contributed by atoms with van der Waals surface area (Å²) in [6.45, 7) is 0. The lowest BCUT2D eigenvalue weighted by molar-refractivity contribution is -0.138. The van der Waals surface area contributed by atoms with Crippen LogP contribution in [0.25, 0.3) is 0 Å². The number of hydrogen-bond acceptors (Lipinski definition) is 4. The Bertz CT molecular complexity index is 842. The van der Waals surface area contributed by atoms with Crippen LogP contribution in [0.3, 0.4) is 0 Å². The number of hydrogen-bond donors (Lipinski definition) is 2. The maximum atomic E-state index is 12.4. The molecule has 2 N–H and O–H groups in total. The van der Waals surface area contributed by atoms with Crippen molar-refractivity contribution in [3.05, 3.63) is 65.7 Å². The quantitative estimate of drug-likeness (QED) is 0.835. The van der Waals surface area contributed by atoms with Crippen LogP contribution in [0.1, 0.15) is 11.1 Å². The summed E-state index contributed by atoms with van der Waals surface area (Å²) < 4.78 is 26.9. The Balaban J connectivity index is 2.29. The second-order valence-electron chi connectivity index (χ2n) is 4.81. The molecule has 0 aromatic heterocycles. The van der Waals surface area contributed by atoms with Crippen LogP contribution >= 0.6 is 0 Å². The molecule has 0 bridgehead atoms. The number of carbonyl (C=O) groups is 1. The Kier molecular flexibility index (Phi) is 5.11. The first-order chi connectivity index (χ1) is 10.9. The van der Waals surface area contributed by atoms with Crippen molar-refractivity contribution < 1.29 is 18.3 Å². The van der Waals surface area contributed by atoms with Crippen molar-refractivity contribution in [2.75, 3.05) is 0 Å². The van der Waals surface area contributed by atoms with Crippen LogP contribution in [0.2, 0.25) is 0 Å². The summed E-state index contributed by atoms with van der Waals surface area (Å²) in [7, 11) is -4.12. The fourth-order valence-electron chi connectivity index (χ4n) is 2.07. The van der Waals surface area contributed by atoms with Crippen LogP contribution < -0.4 is 4.72 Å². The summed E-state index contributed by atoms with van der Waals surface area (Å²) in [6, 6.07) is 14.8. The molecule has 118 valence electrons. The van der Waals surface area contributed by atoms with Gasteiger partial charge in [0.25, 0.3) is 0 Å². The zero-order valence-electron chi connectivity index (χ0n) is 12.0. The van der Waals surface area contributed by atoms with Crippen molar-refractivity contribution in [3.8, 4) is 6.07 Å². The van der Waals surface area contributed by atoms with Gasteiger partial charge in [0, 0.05) is 0 Å². The molecule has 0 aliphatic carbocycles. The second-order valence-corrected chi connectivity index (χ2v) is 6.49. The van der Waals surface area contributed by atoms with Crippen LogP contribution in [0.4, 0.5) is 0 Å². The van der Waals surface area contributed by atoms with Crippen molar-refractivity contribution in [1.29, 1.82) is 5.26 Å². The van der Waals surface area contributed by atoms with E-state index < -0.39 is 22.0 Å². The predicted octanol–water partition coefficient (Wildman–Crippen LogP) is 1.53. The molecule has 0 saturated heterocycles. The predicted molar refractivity (Wildman–Crippen MR) is 83.0 cm³/mol. The Morgan fingerprint density at radius 3 is 2.35 bits per heavy atom. The highest BCUT2D eigenvalue weighted by Crippen LogP contribution is 2.15. The number of carboxylic acids is 1. The first-order valence-corrected chi connectivity index (χ1v) is 8.20. The van der Waals surface area contributed by atoms with E-state index in [2.05, 4.69) is 4.72 Å². The summed E-state index contributed by atoms with van der Waals surface area (Å²) in [5.74, 6) is -1.29. The maximum absolute atomic E-state index is 12.4. The van der Waals surface area contributed by atoms with E-state index in [-0.39, 0.29) is 16.9 Å². The summed E-state index contributed by atoms with van der Waals surface area (Å²) in [5.41, 5.74) is 0.653. The van der Waals surface area contributed by atoms with Gasteiger partial charge in [-0.15, -0.1) is 0 Å². The molecule has 2 aromatic carbocycles. The molecule has 7 heteroatoms. The van der Waals surface area contributed by atoms with Crippen molar-refractivity contribution in [2.24, 2.45) is 0 Å². The minimum Gasteiger partial charge on any atom is -0.480 e. The average molecular weight is 330 g/mol. The number of carboxylic acid groups (broad SMARTS) is 1. The molecule has 6 nitrogen and oxygen atoms in total. The number of aliphatic carboxylic acids is 1. The summed E-state index contributed by atoms with van der Waals surface area (Å²) in [4.78, 5) is 11.1. The van der Waals surface area contributed by atoms with E-state index >= 15 is 0 Å². The number of rotatable bonds is 6. The highest BCUT2D eigenvalue weighted by Gasteiger charge is 2.27. The Morgan fingerprint density at radius 1 is 1.13 bits per heavy atom. The van der Waals surface area contributed by atoms with Crippen molar-refractivity contribution in [3.63, 3.8) is 0 Å². The van der Waals surface area contributed by atoms with Crippen molar-refractivity contribution >= 4 is 16.0 Å². The van der Waals surface area contributed by atoms with Gasteiger partial charge >= 0.3 is 5.97 Å². The number of benzene rings is 2. The SMILES string of the molecule is N#Cc1ccccc1S(=O)(=O)NC(Cc1ccccc1)C(=O)O. The molecule has 2 aromatic rings. The molecule has 0 aliphatic heterocycles. The lowest BCUT2D eigenvalue weighted by Gasteiger charge is -2.15. The molecule has 23 heavy (non-hydrogen) atoms. The fourth-order valence-corrected chi connectivity index (χ4v) is 3.42. The fraction of sp³-hybridized carbons (Fsp3) is 0.125. The Morgan fingerprint density at radius 2 is 1.74 bits per heavy atom. The molecule has 0 radical (unpaired) electrons. The molecule has 0 saturated carbocycles. The van der Waals surface area contributed by atoms with Crippen LogP contribution in [0.15, 0.2) is 59.5 Å². The Labute approximate surface area is 134 Å². The molecule has 0 amide bonds. The largest absolute Gasteiger partial charge is 0.480 e. The highest BCUT2D eigenvalue weighted by molar-refractivity contribution is 7.89. The van der Waals surface area contributed by atoms with Crippen LogP contribution in [0.5, 0.6) is 0 Å². The molecule has 0 fully saturated rings. The van der Waals surface area contributed by atoms with Gasteiger partial charge in [-0.3, -0.25) is 4.79 Å². The van der Waals surface area contributed by atoms with E-state index in [9.17, 15) is 18.3 Å². The lowest BCUT2D eigenvalue weighted by atomic mass is 10.1. The first-order valence-electron chi connectivity index (χ1n) is 6.72. The van der Waals surface area contributed by atoms with E-state index in [4.69, 9.17) is 5.26 Å². The average Bonchev–Trinajstić information content (AvgIpc) is 2.55. The smallest absolute Gasteiger partial charge is 0.322 e. The van der Waals surface area contributed by atoms with E-state index in [0.29, 0.717) is 5.56 Å². The van der Waals surface area contributed by atoms with Gasteiger partial charge in [-0.1, -0.05) is 42.5 Å². The molecular weight excluding hydrogens is 316 g/mol. The third-order valence-electron chi connectivity index (χ3n) is 3.18. The van der Waals surface area contributed by atoms with Crippen molar-refractivity contribution in [1.82, 2.24) is 4.72 Å². The summed E-state index contributed by atoms with van der Waals surface area (Å²) in [5, 5.41) is 18.3. The van der Waals surface area contributed by atoms with E-state index in [1.807, 2.05) is 0 Å². The van der Waals surface area contributed by atoms with Gasteiger partial charge in [-0.2, -0.15) is 9.98 Å². The van der Waals surface area contributed by atoms with E-state index in [1.54, 1.807) is 36.4 Å². The van der Waals surface area contributed by atoms with Gasteiger partial charge in [-0.05, 0) is 24.1 Å².